The fourth-order valence-electron chi connectivity index (χ4n) is 1.29. The van der Waals surface area contributed by atoms with E-state index in [-0.39, 0.29) is 0 Å². The van der Waals surface area contributed by atoms with Gasteiger partial charge in [0, 0.05) is 0 Å². The minimum absolute atomic E-state index is 0.441. The molecule has 3 nitrogen and oxygen atoms in total. The molecule has 0 aromatic carbocycles. The Bertz CT molecular complexity index is 167. The van der Waals surface area contributed by atoms with E-state index in [4.69, 9.17) is 14.9 Å². The zero-order valence-corrected chi connectivity index (χ0v) is 9.60. The third-order valence-electron chi connectivity index (χ3n) is 2.12. The molecule has 1 saturated carbocycles. The second-order valence-electron chi connectivity index (χ2n) is 3.49. The minimum Gasteiger partial charge on any atom is -0.473 e. The van der Waals surface area contributed by atoms with Crippen LogP contribution in [0, 0.1) is 0 Å². The second-order valence-corrected chi connectivity index (χ2v) is 3.49. The van der Waals surface area contributed by atoms with Crippen molar-refractivity contribution in [2.24, 2.45) is 0 Å². The number of hydrogen-bond donors (Lipinski definition) is 2. The molecule has 1 fully saturated rings. The van der Waals surface area contributed by atoms with Gasteiger partial charge in [0.15, 0.2) is 0 Å². The number of ether oxygens (including phenoxy) is 1. The van der Waals surface area contributed by atoms with Gasteiger partial charge in [-0.15, -0.1) is 0 Å². The number of allylic oxidation sites excluding steroid dienone is 2. The first kappa shape index (κ1) is 14.2. The van der Waals surface area contributed by atoms with Crippen LogP contribution in [0.4, 0.5) is 0 Å². The first-order valence-electron chi connectivity index (χ1n) is 5.46. The van der Waals surface area contributed by atoms with Crippen LogP contribution in [0.5, 0.6) is 0 Å². The Hall–Kier alpha value is -0.800. The Morgan fingerprint density at radius 3 is 1.60 bits per heavy atom. The summed E-state index contributed by atoms with van der Waals surface area (Å²) in [5, 5.41) is 17.9. The summed E-state index contributed by atoms with van der Waals surface area (Å²) in [6.07, 6.45) is 9.73. The normalized spacial score (nSPS) is 26.4. The average Bonchev–Trinajstić information content (AvgIpc) is 2.24. The molecule has 0 aromatic heterocycles. The SMILES string of the molecule is CC=COC=CC.OC1CCCCC1O. The summed E-state index contributed by atoms with van der Waals surface area (Å²) in [5.41, 5.74) is 0. The van der Waals surface area contributed by atoms with E-state index in [1.807, 2.05) is 26.0 Å². The van der Waals surface area contributed by atoms with E-state index in [0.29, 0.717) is 0 Å². The molecule has 0 bridgehead atoms. The number of rotatable bonds is 2. The minimum atomic E-state index is -0.441. The average molecular weight is 214 g/mol. The van der Waals surface area contributed by atoms with Crippen LogP contribution in [-0.2, 0) is 4.74 Å². The third kappa shape index (κ3) is 8.21. The molecule has 2 atom stereocenters. The number of hydrogen-bond acceptors (Lipinski definition) is 3. The summed E-state index contributed by atoms with van der Waals surface area (Å²) in [5.74, 6) is 0. The maximum absolute atomic E-state index is 8.93. The van der Waals surface area contributed by atoms with Gasteiger partial charge in [-0.3, -0.25) is 0 Å². The molecule has 0 saturated heterocycles. The fourth-order valence-corrected chi connectivity index (χ4v) is 1.29. The highest BCUT2D eigenvalue weighted by molar-refractivity contribution is 4.73. The Balaban J connectivity index is 0.000000265. The lowest BCUT2D eigenvalue weighted by molar-refractivity contribution is -0.00865. The van der Waals surface area contributed by atoms with Crippen molar-refractivity contribution in [2.75, 3.05) is 0 Å². The van der Waals surface area contributed by atoms with E-state index < -0.39 is 12.2 Å². The van der Waals surface area contributed by atoms with Crippen molar-refractivity contribution in [1.82, 2.24) is 0 Å². The molecule has 2 N–H and O–H groups in total. The Morgan fingerprint density at radius 1 is 0.933 bits per heavy atom. The predicted molar refractivity (Wildman–Crippen MR) is 61.2 cm³/mol. The molecule has 1 rings (SSSR count). The van der Waals surface area contributed by atoms with Gasteiger partial charge >= 0.3 is 0 Å². The standard InChI is InChI=1S/C6H12O2.C6H10O/c7-5-3-1-2-4-6(5)8;1-3-5-7-6-4-2/h5-8H,1-4H2;3-6H,1-2H3. The summed E-state index contributed by atoms with van der Waals surface area (Å²) in [6, 6.07) is 0. The molecule has 15 heavy (non-hydrogen) atoms. The lowest BCUT2D eigenvalue weighted by Crippen LogP contribution is -2.28. The molecule has 2 unspecified atom stereocenters. The Kier molecular flexibility index (Phi) is 9.22. The van der Waals surface area contributed by atoms with Crippen LogP contribution in [0.15, 0.2) is 24.7 Å². The van der Waals surface area contributed by atoms with Gasteiger partial charge in [0.1, 0.15) is 0 Å². The van der Waals surface area contributed by atoms with E-state index >= 15 is 0 Å². The highest BCUT2D eigenvalue weighted by atomic mass is 16.5. The van der Waals surface area contributed by atoms with Crippen molar-refractivity contribution in [1.29, 1.82) is 0 Å². The van der Waals surface area contributed by atoms with Gasteiger partial charge in [-0.05, 0) is 26.7 Å². The lowest BCUT2D eigenvalue weighted by Gasteiger charge is -2.22. The third-order valence-corrected chi connectivity index (χ3v) is 2.12. The van der Waals surface area contributed by atoms with Crippen LogP contribution in [0.2, 0.25) is 0 Å². The lowest BCUT2D eigenvalue weighted by atomic mass is 9.95. The van der Waals surface area contributed by atoms with Gasteiger partial charge < -0.3 is 14.9 Å². The molecule has 0 heterocycles. The molecule has 3 heteroatoms. The summed E-state index contributed by atoms with van der Waals surface area (Å²) in [6.45, 7) is 3.81. The topological polar surface area (TPSA) is 49.7 Å². The summed E-state index contributed by atoms with van der Waals surface area (Å²) >= 11 is 0. The van der Waals surface area contributed by atoms with E-state index in [1.165, 1.54) is 0 Å². The van der Waals surface area contributed by atoms with Crippen molar-refractivity contribution >= 4 is 0 Å². The van der Waals surface area contributed by atoms with Crippen LogP contribution in [0.1, 0.15) is 39.5 Å². The quantitative estimate of drug-likeness (QED) is 0.694. The predicted octanol–water partition coefficient (Wildman–Crippen LogP) is 2.35. The molecule has 0 spiro atoms. The first-order chi connectivity index (χ1) is 7.22. The molecule has 1 aliphatic rings. The van der Waals surface area contributed by atoms with Crippen molar-refractivity contribution in [3.63, 3.8) is 0 Å². The van der Waals surface area contributed by atoms with Crippen molar-refractivity contribution in [3.8, 4) is 0 Å². The summed E-state index contributed by atoms with van der Waals surface area (Å²) in [7, 11) is 0. The Morgan fingerprint density at radius 2 is 1.33 bits per heavy atom. The molecule has 0 aliphatic heterocycles. The molecular weight excluding hydrogens is 192 g/mol. The molecule has 0 amide bonds. The van der Waals surface area contributed by atoms with E-state index in [2.05, 4.69) is 0 Å². The second kappa shape index (κ2) is 9.74. The molecule has 1 aliphatic carbocycles. The number of aliphatic hydroxyl groups is 2. The molecular formula is C12H22O3. The van der Waals surface area contributed by atoms with Gasteiger partial charge in [-0.25, -0.2) is 0 Å². The van der Waals surface area contributed by atoms with Crippen LogP contribution in [0.25, 0.3) is 0 Å². The molecule has 0 aromatic rings. The highest BCUT2D eigenvalue weighted by Crippen LogP contribution is 2.17. The van der Waals surface area contributed by atoms with Crippen molar-refractivity contribution < 1.29 is 14.9 Å². The van der Waals surface area contributed by atoms with Crippen molar-refractivity contribution in [2.45, 2.75) is 51.7 Å². The van der Waals surface area contributed by atoms with Crippen LogP contribution < -0.4 is 0 Å². The first-order valence-corrected chi connectivity index (χ1v) is 5.46. The van der Waals surface area contributed by atoms with Crippen molar-refractivity contribution in [3.05, 3.63) is 24.7 Å². The molecule has 0 radical (unpaired) electrons. The van der Waals surface area contributed by atoms with E-state index in [0.717, 1.165) is 25.7 Å². The zero-order chi connectivity index (χ0) is 11.5. The fraction of sp³-hybridized carbons (Fsp3) is 0.667. The number of aliphatic hydroxyl groups excluding tert-OH is 2. The van der Waals surface area contributed by atoms with Gasteiger partial charge in [-0.1, -0.05) is 25.0 Å². The van der Waals surface area contributed by atoms with Gasteiger partial charge in [0.25, 0.3) is 0 Å². The van der Waals surface area contributed by atoms with Crippen LogP contribution in [-0.4, -0.2) is 22.4 Å². The summed E-state index contributed by atoms with van der Waals surface area (Å²) in [4.78, 5) is 0. The van der Waals surface area contributed by atoms with E-state index in [9.17, 15) is 0 Å². The van der Waals surface area contributed by atoms with Crippen LogP contribution >= 0.6 is 0 Å². The Labute approximate surface area is 92.1 Å². The maximum Gasteiger partial charge on any atom is 0.0858 e. The monoisotopic (exact) mass is 214 g/mol. The van der Waals surface area contributed by atoms with Crippen LogP contribution in [0.3, 0.4) is 0 Å². The largest absolute Gasteiger partial charge is 0.473 e. The van der Waals surface area contributed by atoms with Gasteiger partial charge in [0.05, 0.1) is 24.7 Å². The smallest absolute Gasteiger partial charge is 0.0858 e. The van der Waals surface area contributed by atoms with Gasteiger partial charge in [0.2, 0.25) is 0 Å². The summed E-state index contributed by atoms with van der Waals surface area (Å²) < 4.78 is 4.77. The highest BCUT2D eigenvalue weighted by Gasteiger charge is 2.19. The maximum atomic E-state index is 8.93. The molecule has 88 valence electrons. The van der Waals surface area contributed by atoms with Gasteiger partial charge in [-0.2, -0.15) is 0 Å². The zero-order valence-electron chi connectivity index (χ0n) is 9.60. The van der Waals surface area contributed by atoms with E-state index in [1.54, 1.807) is 12.5 Å².